The third-order valence-corrected chi connectivity index (χ3v) is 4.02. The van der Waals surface area contributed by atoms with Crippen molar-refractivity contribution in [2.45, 2.75) is 6.92 Å². The van der Waals surface area contributed by atoms with E-state index in [0.29, 0.717) is 6.61 Å². The zero-order valence-electron chi connectivity index (χ0n) is 14.1. The highest BCUT2D eigenvalue weighted by Crippen LogP contribution is 2.11. The van der Waals surface area contributed by atoms with Gasteiger partial charge in [0.05, 0.1) is 11.5 Å². The van der Waals surface area contributed by atoms with E-state index >= 15 is 0 Å². The number of carbonyl (C=O) groups excluding carboxylic acids is 2. The van der Waals surface area contributed by atoms with Gasteiger partial charge >= 0.3 is 5.97 Å². The Kier molecular flexibility index (Phi) is 7.85. The fourth-order valence-corrected chi connectivity index (χ4v) is 2.63. The maximum absolute atomic E-state index is 11.8. The summed E-state index contributed by atoms with van der Waals surface area (Å²) in [6, 6.07) is 16.9. The van der Waals surface area contributed by atoms with Gasteiger partial charge in [-0.15, -0.1) is 11.8 Å². The van der Waals surface area contributed by atoms with E-state index in [1.165, 1.54) is 11.8 Å². The van der Waals surface area contributed by atoms with E-state index in [1.54, 1.807) is 0 Å². The lowest BCUT2D eigenvalue weighted by molar-refractivity contribution is -0.141. The molecule has 2 aromatic carbocycles. The molecule has 25 heavy (non-hydrogen) atoms. The normalized spacial score (nSPS) is 10.1. The molecule has 0 atom stereocenters. The predicted octanol–water partition coefficient (Wildman–Crippen LogP) is 3.29. The van der Waals surface area contributed by atoms with E-state index in [-0.39, 0.29) is 30.0 Å². The third-order valence-electron chi connectivity index (χ3n) is 3.11. The molecule has 0 radical (unpaired) electrons. The maximum Gasteiger partial charge on any atom is 0.316 e. The highest BCUT2D eigenvalue weighted by Gasteiger charge is 2.07. The monoisotopic (exact) mass is 359 g/mol. The summed E-state index contributed by atoms with van der Waals surface area (Å²) in [5.74, 6) is 0.567. The molecule has 132 valence electrons. The molecule has 6 heteroatoms. The molecule has 0 saturated heterocycles. The first-order valence-corrected chi connectivity index (χ1v) is 9.07. The van der Waals surface area contributed by atoms with Crippen LogP contribution in [0.1, 0.15) is 5.56 Å². The summed E-state index contributed by atoms with van der Waals surface area (Å²) in [5, 5.41) is 2.80. The van der Waals surface area contributed by atoms with Gasteiger partial charge in [0.1, 0.15) is 19.0 Å². The van der Waals surface area contributed by atoms with E-state index in [9.17, 15) is 9.59 Å². The molecular weight excluding hydrogens is 338 g/mol. The average Bonchev–Trinajstić information content (AvgIpc) is 2.60. The van der Waals surface area contributed by atoms with Crippen LogP contribution in [0.25, 0.3) is 0 Å². The molecule has 0 bridgehead atoms. The minimum atomic E-state index is -0.356. The van der Waals surface area contributed by atoms with Crippen molar-refractivity contribution in [3.05, 3.63) is 60.2 Å². The SMILES string of the molecule is Cc1cccc(NC(=O)CSCC(=O)OCCOc2ccccc2)c1. The van der Waals surface area contributed by atoms with Gasteiger partial charge in [0.25, 0.3) is 0 Å². The number of rotatable bonds is 9. The Bertz CT molecular complexity index is 691. The summed E-state index contributed by atoms with van der Waals surface area (Å²) in [4.78, 5) is 23.4. The second-order valence-corrected chi connectivity index (χ2v) is 6.28. The number of hydrogen-bond donors (Lipinski definition) is 1. The fourth-order valence-electron chi connectivity index (χ4n) is 2.02. The van der Waals surface area contributed by atoms with Gasteiger partial charge in [0.15, 0.2) is 0 Å². The molecule has 1 N–H and O–H groups in total. The van der Waals surface area contributed by atoms with Crippen LogP contribution in [-0.2, 0) is 14.3 Å². The van der Waals surface area contributed by atoms with Gasteiger partial charge in [-0.1, -0.05) is 30.3 Å². The highest BCUT2D eigenvalue weighted by molar-refractivity contribution is 8.00. The van der Waals surface area contributed by atoms with Gasteiger partial charge in [0, 0.05) is 5.69 Å². The van der Waals surface area contributed by atoms with Crippen LogP contribution in [0.15, 0.2) is 54.6 Å². The molecule has 0 saturated carbocycles. The number of ether oxygens (including phenoxy) is 2. The molecule has 0 aliphatic heterocycles. The summed E-state index contributed by atoms with van der Waals surface area (Å²) in [7, 11) is 0. The lowest BCUT2D eigenvalue weighted by Crippen LogP contribution is -2.17. The van der Waals surface area contributed by atoms with Crippen LogP contribution in [0, 0.1) is 6.92 Å². The summed E-state index contributed by atoms with van der Waals surface area (Å²) in [5.41, 5.74) is 1.83. The first-order chi connectivity index (χ1) is 12.1. The number of nitrogens with one attached hydrogen (secondary N) is 1. The first-order valence-electron chi connectivity index (χ1n) is 7.91. The molecule has 0 aliphatic rings. The van der Waals surface area contributed by atoms with Crippen molar-refractivity contribution in [3.8, 4) is 5.75 Å². The zero-order valence-corrected chi connectivity index (χ0v) is 14.9. The summed E-state index contributed by atoms with van der Waals surface area (Å²) in [6.07, 6.45) is 0. The number of anilines is 1. The second kappa shape index (κ2) is 10.4. The number of carbonyl (C=O) groups is 2. The Morgan fingerprint density at radius 2 is 1.80 bits per heavy atom. The maximum atomic E-state index is 11.8. The van der Waals surface area contributed by atoms with Crippen LogP contribution >= 0.6 is 11.8 Å². The number of para-hydroxylation sites is 1. The second-order valence-electron chi connectivity index (χ2n) is 5.29. The van der Waals surface area contributed by atoms with Crippen molar-refractivity contribution < 1.29 is 19.1 Å². The summed E-state index contributed by atoms with van der Waals surface area (Å²) < 4.78 is 10.5. The largest absolute Gasteiger partial charge is 0.490 e. The van der Waals surface area contributed by atoms with E-state index in [4.69, 9.17) is 9.47 Å². The molecule has 0 heterocycles. The van der Waals surface area contributed by atoms with Crippen molar-refractivity contribution in [1.82, 2.24) is 0 Å². The van der Waals surface area contributed by atoms with Crippen LogP contribution in [-0.4, -0.2) is 36.6 Å². The zero-order chi connectivity index (χ0) is 17.9. The van der Waals surface area contributed by atoms with Crippen LogP contribution in [0.4, 0.5) is 5.69 Å². The topological polar surface area (TPSA) is 64.6 Å². The van der Waals surface area contributed by atoms with E-state index in [2.05, 4.69) is 5.32 Å². The minimum Gasteiger partial charge on any atom is -0.490 e. The fraction of sp³-hybridized carbons (Fsp3) is 0.263. The summed E-state index contributed by atoms with van der Waals surface area (Å²) >= 11 is 1.22. The molecule has 0 fully saturated rings. The Morgan fingerprint density at radius 3 is 2.56 bits per heavy atom. The smallest absolute Gasteiger partial charge is 0.316 e. The number of esters is 1. The van der Waals surface area contributed by atoms with E-state index in [1.807, 2.05) is 61.5 Å². The van der Waals surface area contributed by atoms with Crippen molar-refractivity contribution in [2.24, 2.45) is 0 Å². The lowest BCUT2D eigenvalue weighted by Gasteiger charge is -2.08. The van der Waals surface area contributed by atoms with Crippen molar-refractivity contribution in [3.63, 3.8) is 0 Å². The van der Waals surface area contributed by atoms with Gasteiger partial charge in [-0.2, -0.15) is 0 Å². The number of amides is 1. The van der Waals surface area contributed by atoms with Gasteiger partial charge < -0.3 is 14.8 Å². The van der Waals surface area contributed by atoms with Crippen molar-refractivity contribution in [1.29, 1.82) is 0 Å². The van der Waals surface area contributed by atoms with Crippen LogP contribution in [0.2, 0.25) is 0 Å². The Morgan fingerprint density at radius 1 is 1.00 bits per heavy atom. The average molecular weight is 359 g/mol. The highest BCUT2D eigenvalue weighted by atomic mass is 32.2. The Balaban J connectivity index is 1.55. The van der Waals surface area contributed by atoms with Crippen molar-refractivity contribution in [2.75, 3.05) is 30.0 Å². The number of benzene rings is 2. The molecule has 5 nitrogen and oxygen atoms in total. The van der Waals surface area contributed by atoms with Crippen LogP contribution in [0.5, 0.6) is 5.75 Å². The number of thioether (sulfide) groups is 1. The van der Waals surface area contributed by atoms with E-state index < -0.39 is 0 Å². The minimum absolute atomic E-state index is 0.132. The van der Waals surface area contributed by atoms with Crippen molar-refractivity contribution >= 4 is 29.3 Å². The molecule has 0 unspecified atom stereocenters. The Labute approximate surface area is 151 Å². The summed E-state index contributed by atoms with van der Waals surface area (Å²) in [6.45, 7) is 2.44. The quantitative estimate of drug-likeness (QED) is 0.550. The van der Waals surface area contributed by atoms with Crippen LogP contribution in [0.3, 0.4) is 0 Å². The third kappa shape index (κ3) is 7.76. The Hall–Kier alpha value is -2.47. The van der Waals surface area contributed by atoms with Gasteiger partial charge in [-0.05, 0) is 36.8 Å². The molecule has 2 rings (SSSR count). The lowest BCUT2D eigenvalue weighted by atomic mass is 10.2. The number of hydrogen-bond acceptors (Lipinski definition) is 5. The predicted molar refractivity (Wildman–Crippen MR) is 100 cm³/mol. The molecule has 0 aromatic heterocycles. The van der Waals surface area contributed by atoms with E-state index in [0.717, 1.165) is 17.0 Å². The molecule has 0 aliphatic carbocycles. The molecular formula is C19H21NO4S. The van der Waals surface area contributed by atoms with Gasteiger partial charge in [0.2, 0.25) is 5.91 Å². The molecule has 0 spiro atoms. The first kappa shape index (κ1) is 18.9. The van der Waals surface area contributed by atoms with Crippen LogP contribution < -0.4 is 10.1 Å². The molecule has 1 amide bonds. The standard InChI is InChI=1S/C19H21NO4S/c1-15-6-5-7-16(12-15)20-18(21)13-25-14-19(22)24-11-10-23-17-8-3-2-4-9-17/h2-9,12H,10-11,13-14H2,1H3,(H,20,21). The molecule has 2 aromatic rings. The van der Waals surface area contributed by atoms with Gasteiger partial charge in [-0.3, -0.25) is 9.59 Å². The number of aryl methyl sites for hydroxylation is 1. The van der Waals surface area contributed by atoms with Gasteiger partial charge in [-0.25, -0.2) is 0 Å².